The molecule has 0 spiro atoms. The highest BCUT2D eigenvalue weighted by molar-refractivity contribution is 5.89. The van der Waals surface area contributed by atoms with E-state index in [9.17, 15) is 9.18 Å². The fourth-order valence-corrected chi connectivity index (χ4v) is 6.86. The third kappa shape index (κ3) is 2.53. The summed E-state index contributed by atoms with van der Waals surface area (Å²) in [5.74, 6) is 3.15. The molecule has 5 aliphatic carbocycles. The van der Waals surface area contributed by atoms with E-state index < -0.39 is 5.41 Å². The maximum atomic E-state index is 13.8. The van der Waals surface area contributed by atoms with Gasteiger partial charge in [0.1, 0.15) is 5.82 Å². The molecule has 0 aromatic heterocycles. The highest BCUT2D eigenvalue weighted by Crippen LogP contribution is 2.54. The lowest BCUT2D eigenvalue weighted by Gasteiger charge is -2.54. The molecule has 0 unspecified atom stereocenters. The van der Waals surface area contributed by atoms with E-state index in [1.165, 1.54) is 38.2 Å². The van der Waals surface area contributed by atoms with E-state index in [0.29, 0.717) is 17.9 Å². The summed E-state index contributed by atoms with van der Waals surface area (Å²) >= 11 is 0. The Labute approximate surface area is 149 Å². The normalized spacial score (nSPS) is 38.0. The van der Waals surface area contributed by atoms with Crippen molar-refractivity contribution in [2.45, 2.75) is 69.2 Å². The number of carbonyl (C=O) groups excluding carboxylic acids is 1. The van der Waals surface area contributed by atoms with Crippen LogP contribution in [0.15, 0.2) is 24.3 Å². The summed E-state index contributed by atoms with van der Waals surface area (Å²) in [6.07, 6.45) is 10.5. The molecule has 4 bridgehead atoms. The molecule has 0 saturated heterocycles. The Morgan fingerprint density at radius 1 is 1.00 bits per heavy atom. The second-order valence-corrected chi connectivity index (χ2v) is 9.23. The molecule has 2 nitrogen and oxygen atoms in total. The van der Waals surface area contributed by atoms with E-state index in [1.807, 2.05) is 6.07 Å². The van der Waals surface area contributed by atoms with Gasteiger partial charge in [-0.05, 0) is 86.3 Å². The smallest absolute Gasteiger partial charge is 0.230 e. The average Bonchev–Trinajstić information content (AvgIpc) is 3.08. The number of benzene rings is 1. The van der Waals surface area contributed by atoms with Crippen LogP contribution in [0.3, 0.4) is 0 Å². The van der Waals surface area contributed by atoms with Crippen LogP contribution in [0.1, 0.15) is 63.4 Å². The van der Waals surface area contributed by atoms with Gasteiger partial charge in [-0.1, -0.05) is 25.0 Å². The zero-order chi connectivity index (χ0) is 17.0. The van der Waals surface area contributed by atoms with Crippen molar-refractivity contribution in [2.75, 3.05) is 0 Å². The van der Waals surface area contributed by atoms with Crippen LogP contribution in [0, 0.1) is 29.5 Å². The Bertz CT molecular complexity index is 650. The number of carbonyl (C=O) groups is 1. The van der Waals surface area contributed by atoms with Crippen molar-refractivity contribution in [1.82, 2.24) is 5.32 Å². The fraction of sp³-hybridized carbons (Fsp3) is 0.682. The van der Waals surface area contributed by atoms with Crippen molar-refractivity contribution < 1.29 is 9.18 Å². The first kappa shape index (κ1) is 15.8. The molecule has 0 radical (unpaired) electrons. The van der Waals surface area contributed by atoms with Gasteiger partial charge in [0.15, 0.2) is 0 Å². The Morgan fingerprint density at radius 2 is 1.64 bits per heavy atom. The molecule has 0 atom stereocenters. The lowest BCUT2D eigenvalue weighted by atomic mass is 9.54. The minimum atomic E-state index is -0.503. The largest absolute Gasteiger partial charge is 0.352 e. The third-order valence-electron chi connectivity index (χ3n) is 7.79. The lowest BCUT2D eigenvalue weighted by Crippen LogP contribution is -2.58. The summed E-state index contributed by atoms with van der Waals surface area (Å²) < 4.78 is 13.8. The predicted octanol–water partition coefficient (Wildman–Crippen LogP) is 4.58. The van der Waals surface area contributed by atoms with E-state index >= 15 is 0 Å². The van der Waals surface area contributed by atoms with Gasteiger partial charge < -0.3 is 5.32 Å². The molecule has 5 aliphatic rings. The monoisotopic (exact) mass is 341 g/mol. The van der Waals surface area contributed by atoms with Gasteiger partial charge in [0.05, 0.1) is 5.41 Å². The van der Waals surface area contributed by atoms with E-state index in [0.717, 1.165) is 43.1 Å². The third-order valence-corrected chi connectivity index (χ3v) is 7.79. The topological polar surface area (TPSA) is 29.1 Å². The van der Waals surface area contributed by atoms with Gasteiger partial charge in [-0.3, -0.25) is 4.79 Å². The lowest BCUT2D eigenvalue weighted by molar-refractivity contribution is -0.130. The second kappa shape index (κ2) is 5.82. The van der Waals surface area contributed by atoms with E-state index in [1.54, 1.807) is 12.1 Å². The van der Waals surface area contributed by atoms with Crippen molar-refractivity contribution in [2.24, 2.45) is 23.7 Å². The van der Waals surface area contributed by atoms with Crippen LogP contribution in [0.25, 0.3) is 0 Å². The summed E-state index contributed by atoms with van der Waals surface area (Å²) in [5, 5.41) is 3.50. The van der Waals surface area contributed by atoms with Crippen LogP contribution in [-0.2, 0) is 10.2 Å². The highest BCUT2D eigenvalue weighted by Gasteiger charge is 2.51. The summed E-state index contributed by atoms with van der Waals surface area (Å²) in [6, 6.07) is 7.13. The number of hydrogen-bond acceptors (Lipinski definition) is 1. The molecule has 0 aliphatic heterocycles. The maximum Gasteiger partial charge on any atom is 0.230 e. The molecular formula is C22H28FNO. The van der Waals surface area contributed by atoms with E-state index in [2.05, 4.69) is 5.32 Å². The fourth-order valence-electron chi connectivity index (χ4n) is 6.86. The molecule has 25 heavy (non-hydrogen) atoms. The van der Waals surface area contributed by atoms with Crippen LogP contribution in [0.4, 0.5) is 4.39 Å². The van der Waals surface area contributed by atoms with Crippen LogP contribution < -0.4 is 5.32 Å². The van der Waals surface area contributed by atoms with Crippen molar-refractivity contribution in [3.8, 4) is 0 Å². The van der Waals surface area contributed by atoms with E-state index in [4.69, 9.17) is 0 Å². The molecular weight excluding hydrogens is 313 g/mol. The predicted molar refractivity (Wildman–Crippen MR) is 95.5 cm³/mol. The first-order valence-corrected chi connectivity index (χ1v) is 10.2. The second-order valence-electron chi connectivity index (χ2n) is 9.23. The first-order chi connectivity index (χ1) is 12.1. The van der Waals surface area contributed by atoms with Gasteiger partial charge in [-0.25, -0.2) is 4.39 Å². The summed E-state index contributed by atoms with van der Waals surface area (Å²) in [6.45, 7) is 0. The molecule has 6 rings (SSSR count). The standard InChI is InChI=1S/C22H28FNO/c23-19-5-3-4-18(13-19)22(6-1-2-7-22)21(25)24-20-16-9-14-8-15(11-16)12-17(20)10-14/h3-5,13-17,20H,1-2,6-12H2,(H,24,25). The minimum Gasteiger partial charge on any atom is -0.352 e. The maximum absolute atomic E-state index is 13.8. The van der Waals surface area contributed by atoms with Gasteiger partial charge >= 0.3 is 0 Å². The molecule has 5 saturated carbocycles. The van der Waals surface area contributed by atoms with Crippen LogP contribution in [0.2, 0.25) is 0 Å². The number of nitrogens with one attached hydrogen (secondary N) is 1. The van der Waals surface area contributed by atoms with Gasteiger partial charge in [0.2, 0.25) is 5.91 Å². The zero-order valence-corrected chi connectivity index (χ0v) is 14.8. The molecule has 3 heteroatoms. The van der Waals surface area contributed by atoms with Crippen molar-refractivity contribution >= 4 is 5.91 Å². The number of rotatable bonds is 3. The van der Waals surface area contributed by atoms with Crippen molar-refractivity contribution in [3.05, 3.63) is 35.6 Å². The van der Waals surface area contributed by atoms with Gasteiger partial charge in [0.25, 0.3) is 0 Å². The molecule has 0 heterocycles. The highest BCUT2D eigenvalue weighted by atomic mass is 19.1. The summed E-state index contributed by atoms with van der Waals surface area (Å²) in [5.41, 5.74) is 0.378. The molecule has 1 amide bonds. The van der Waals surface area contributed by atoms with E-state index in [-0.39, 0.29) is 11.7 Å². The quantitative estimate of drug-likeness (QED) is 0.857. The Hall–Kier alpha value is -1.38. The minimum absolute atomic E-state index is 0.174. The van der Waals surface area contributed by atoms with Crippen molar-refractivity contribution in [3.63, 3.8) is 0 Å². The zero-order valence-electron chi connectivity index (χ0n) is 14.8. The molecule has 134 valence electrons. The Kier molecular flexibility index (Phi) is 3.69. The molecule has 5 fully saturated rings. The van der Waals surface area contributed by atoms with Crippen molar-refractivity contribution in [1.29, 1.82) is 0 Å². The number of amides is 1. The van der Waals surface area contributed by atoms with Crippen LogP contribution in [0.5, 0.6) is 0 Å². The number of halogens is 1. The average molecular weight is 341 g/mol. The molecule has 1 aromatic carbocycles. The summed E-state index contributed by atoms with van der Waals surface area (Å²) in [7, 11) is 0. The van der Waals surface area contributed by atoms with Crippen LogP contribution in [-0.4, -0.2) is 11.9 Å². The number of hydrogen-bond donors (Lipinski definition) is 1. The first-order valence-electron chi connectivity index (χ1n) is 10.2. The molecule has 1 N–H and O–H groups in total. The van der Waals surface area contributed by atoms with Gasteiger partial charge in [-0.2, -0.15) is 0 Å². The van der Waals surface area contributed by atoms with Gasteiger partial charge in [0, 0.05) is 6.04 Å². The molecule has 1 aromatic rings. The Morgan fingerprint density at radius 3 is 2.24 bits per heavy atom. The van der Waals surface area contributed by atoms with Gasteiger partial charge in [-0.15, -0.1) is 0 Å². The SMILES string of the molecule is O=C(NC1C2CC3CC(C2)CC1C3)C1(c2cccc(F)c2)CCCC1. The van der Waals surface area contributed by atoms with Crippen LogP contribution >= 0.6 is 0 Å². The Balaban J connectivity index is 1.40. The summed E-state index contributed by atoms with van der Waals surface area (Å²) in [4.78, 5) is 13.4.